The molecule has 0 amide bonds. The first-order chi connectivity index (χ1) is 6.02. The van der Waals surface area contributed by atoms with Crippen molar-refractivity contribution < 1.29 is 9.90 Å². The molecule has 0 heterocycles. The average Bonchev–Trinajstić information content (AvgIpc) is 2.03. The van der Waals surface area contributed by atoms with Crippen molar-refractivity contribution in [3.63, 3.8) is 0 Å². The van der Waals surface area contributed by atoms with E-state index in [2.05, 4.69) is 0 Å². The summed E-state index contributed by atoms with van der Waals surface area (Å²) in [4.78, 5) is 11.5. The number of ketones is 1. The molecule has 0 aromatic heterocycles. The number of Topliss-reactive ketones (excluding diaryl/α,β-unsaturated/α-hetero) is 1. The van der Waals surface area contributed by atoms with Gasteiger partial charge in [0.25, 0.3) is 0 Å². The van der Waals surface area contributed by atoms with Crippen molar-refractivity contribution in [3.05, 3.63) is 28.8 Å². The highest BCUT2D eigenvalue weighted by atomic mass is 35.5. The van der Waals surface area contributed by atoms with Crippen LogP contribution in [-0.4, -0.2) is 10.9 Å². The molecular weight excluding hydrogens is 188 g/mol. The molecule has 2 nitrogen and oxygen atoms in total. The number of halogens is 1. The van der Waals surface area contributed by atoms with Crippen molar-refractivity contribution in [2.75, 3.05) is 0 Å². The van der Waals surface area contributed by atoms with E-state index in [1.807, 2.05) is 13.8 Å². The molecule has 0 atom stereocenters. The standard InChI is InChI=1S/C10H11ClO2/c1-6(2)10(13)8-4-3-7(12)5-9(8)11/h3-6,12H,1-2H3. The molecule has 0 radical (unpaired) electrons. The zero-order chi connectivity index (χ0) is 10.0. The SMILES string of the molecule is CC(C)C(=O)c1ccc(O)cc1Cl. The summed E-state index contributed by atoms with van der Waals surface area (Å²) in [6.07, 6.45) is 0. The number of carbonyl (C=O) groups excluding carboxylic acids is 1. The molecule has 0 spiro atoms. The topological polar surface area (TPSA) is 37.3 Å². The van der Waals surface area contributed by atoms with Crippen molar-refractivity contribution in [1.29, 1.82) is 0 Å². The lowest BCUT2D eigenvalue weighted by molar-refractivity contribution is 0.0939. The maximum absolute atomic E-state index is 11.5. The molecule has 0 fully saturated rings. The Kier molecular flexibility index (Phi) is 2.94. The summed E-state index contributed by atoms with van der Waals surface area (Å²) in [5, 5.41) is 9.37. The van der Waals surface area contributed by atoms with Crippen molar-refractivity contribution in [2.45, 2.75) is 13.8 Å². The summed E-state index contributed by atoms with van der Waals surface area (Å²) >= 11 is 5.79. The third-order valence-electron chi connectivity index (χ3n) is 1.74. The van der Waals surface area contributed by atoms with Gasteiger partial charge in [-0.1, -0.05) is 25.4 Å². The summed E-state index contributed by atoms with van der Waals surface area (Å²) in [6.45, 7) is 3.62. The Morgan fingerprint density at radius 2 is 2.08 bits per heavy atom. The molecule has 0 unspecified atom stereocenters. The van der Waals surface area contributed by atoms with E-state index in [1.165, 1.54) is 12.1 Å². The van der Waals surface area contributed by atoms with Gasteiger partial charge in [0.2, 0.25) is 0 Å². The van der Waals surface area contributed by atoms with Gasteiger partial charge < -0.3 is 5.11 Å². The zero-order valence-corrected chi connectivity index (χ0v) is 8.30. The van der Waals surface area contributed by atoms with Crippen molar-refractivity contribution >= 4 is 17.4 Å². The molecule has 13 heavy (non-hydrogen) atoms. The molecule has 70 valence electrons. The van der Waals surface area contributed by atoms with Gasteiger partial charge in [-0.15, -0.1) is 0 Å². The first kappa shape index (κ1) is 10.1. The fourth-order valence-electron chi connectivity index (χ4n) is 1.01. The van der Waals surface area contributed by atoms with Crippen LogP contribution in [0.25, 0.3) is 0 Å². The van der Waals surface area contributed by atoms with Gasteiger partial charge in [-0.2, -0.15) is 0 Å². The van der Waals surface area contributed by atoms with E-state index in [0.29, 0.717) is 10.6 Å². The van der Waals surface area contributed by atoms with Crippen LogP contribution in [0.5, 0.6) is 5.75 Å². The number of phenolic OH excluding ortho intramolecular Hbond substituents is 1. The molecule has 1 N–H and O–H groups in total. The van der Waals surface area contributed by atoms with Gasteiger partial charge in [-0.25, -0.2) is 0 Å². The molecule has 0 aliphatic heterocycles. The number of rotatable bonds is 2. The largest absolute Gasteiger partial charge is 0.508 e. The monoisotopic (exact) mass is 198 g/mol. The zero-order valence-electron chi connectivity index (χ0n) is 7.54. The Morgan fingerprint density at radius 1 is 1.46 bits per heavy atom. The molecule has 0 aliphatic carbocycles. The lowest BCUT2D eigenvalue weighted by Gasteiger charge is -2.05. The molecule has 0 saturated carbocycles. The van der Waals surface area contributed by atoms with Gasteiger partial charge in [0.1, 0.15) is 5.75 Å². The normalized spacial score (nSPS) is 10.5. The molecule has 1 aromatic rings. The van der Waals surface area contributed by atoms with E-state index >= 15 is 0 Å². The number of hydrogen-bond acceptors (Lipinski definition) is 2. The van der Waals surface area contributed by atoms with Gasteiger partial charge in [0.05, 0.1) is 5.02 Å². The predicted octanol–water partition coefficient (Wildman–Crippen LogP) is 2.88. The molecule has 1 rings (SSSR count). The number of carbonyl (C=O) groups is 1. The minimum Gasteiger partial charge on any atom is -0.508 e. The van der Waals surface area contributed by atoms with Gasteiger partial charge >= 0.3 is 0 Å². The molecule has 0 saturated heterocycles. The summed E-state index contributed by atoms with van der Waals surface area (Å²) < 4.78 is 0. The highest BCUT2D eigenvalue weighted by molar-refractivity contribution is 6.34. The fourth-order valence-corrected chi connectivity index (χ4v) is 1.28. The highest BCUT2D eigenvalue weighted by Gasteiger charge is 2.13. The number of aromatic hydroxyl groups is 1. The summed E-state index contributed by atoms with van der Waals surface area (Å²) in [5.41, 5.74) is 0.467. The van der Waals surface area contributed by atoms with Crippen molar-refractivity contribution in [3.8, 4) is 5.75 Å². The predicted molar refractivity (Wildman–Crippen MR) is 52.3 cm³/mol. The van der Waals surface area contributed by atoms with Crippen LogP contribution >= 0.6 is 11.6 Å². The van der Waals surface area contributed by atoms with Gasteiger partial charge in [-0.3, -0.25) is 4.79 Å². The second kappa shape index (κ2) is 3.79. The van der Waals surface area contributed by atoms with E-state index in [0.717, 1.165) is 0 Å². The first-order valence-electron chi connectivity index (χ1n) is 4.05. The van der Waals surface area contributed by atoms with Gasteiger partial charge in [0, 0.05) is 11.5 Å². The van der Waals surface area contributed by atoms with E-state index in [1.54, 1.807) is 6.07 Å². The minimum absolute atomic E-state index is 0.00926. The maximum Gasteiger partial charge on any atom is 0.166 e. The first-order valence-corrected chi connectivity index (χ1v) is 4.43. The summed E-state index contributed by atoms with van der Waals surface area (Å²) in [7, 11) is 0. The fraction of sp³-hybridized carbons (Fsp3) is 0.300. The Morgan fingerprint density at radius 3 is 2.54 bits per heavy atom. The summed E-state index contributed by atoms with van der Waals surface area (Å²) in [5.74, 6) is -0.0163. The minimum atomic E-state index is -0.0814. The van der Waals surface area contributed by atoms with Crippen molar-refractivity contribution in [1.82, 2.24) is 0 Å². The summed E-state index contributed by atoms with van der Waals surface area (Å²) in [6, 6.07) is 4.37. The lowest BCUT2D eigenvalue weighted by Crippen LogP contribution is -2.07. The van der Waals surface area contributed by atoms with Crippen LogP contribution in [0, 0.1) is 5.92 Å². The van der Waals surface area contributed by atoms with E-state index in [9.17, 15) is 4.79 Å². The second-order valence-electron chi connectivity index (χ2n) is 3.18. The quantitative estimate of drug-likeness (QED) is 0.742. The van der Waals surface area contributed by atoms with Gasteiger partial charge in [-0.05, 0) is 18.2 Å². The second-order valence-corrected chi connectivity index (χ2v) is 3.59. The average molecular weight is 199 g/mol. The lowest BCUT2D eigenvalue weighted by atomic mass is 10.0. The van der Waals surface area contributed by atoms with E-state index in [4.69, 9.17) is 16.7 Å². The highest BCUT2D eigenvalue weighted by Crippen LogP contribution is 2.23. The van der Waals surface area contributed by atoms with E-state index < -0.39 is 0 Å². The molecule has 0 aliphatic rings. The Hall–Kier alpha value is -1.02. The van der Waals surface area contributed by atoms with Crippen LogP contribution in [-0.2, 0) is 0 Å². The van der Waals surface area contributed by atoms with Crippen LogP contribution in [0.1, 0.15) is 24.2 Å². The van der Waals surface area contributed by atoms with Crippen LogP contribution in [0.3, 0.4) is 0 Å². The van der Waals surface area contributed by atoms with Crippen LogP contribution in [0.15, 0.2) is 18.2 Å². The molecular formula is C10H11ClO2. The van der Waals surface area contributed by atoms with Crippen molar-refractivity contribution in [2.24, 2.45) is 5.92 Å². The molecule has 0 bridgehead atoms. The Labute approximate surface area is 82.2 Å². The number of phenols is 1. The number of hydrogen-bond donors (Lipinski definition) is 1. The molecule has 1 aromatic carbocycles. The van der Waals surface area contributed by atoms with Gasteiger partial charge in [0.15, 0.2) is 5.78 Å². The smallest absolute Gasteiger partial charge is 0.166 e. The third-order valence-corrected chi connectivity index (χ3v) is 2.06. The Balaban J connectivity index is 3.09. The Bertz CT molecular complexity index is 332. The van der Waals surface area contributed by atoms with Crippen LogP contribution < -0.4 is 0 Å². The number of benzene rings is 1. The molecule has 3 heteroatoms. The third kappa shape index (κ3) is 2.22. The maximum atomic E-state index is 11.5. The van der Waals surface area contributed by atoms with Crippen LogP contribution in [0.2, 0.25) is 5.02 Å². The van der Waals surface area contributed by atoms with E-state index in [-0.39, 0.29) is 17.5 Å². The van der Waals surface area contributed by atoms with Crippen LogP contribution in [0.4, 0.5) is 0 Å².